The second-order valence-electron chi connectivity index (χ2n) is 7.78. The average Bonchev–Trinajstić information content (AvgIpc) is 3.37. The van der Waals surface area contributed by atoms with Gasteiger partial charge in [-0.1, -0.05) is 25.4 Å². The number of halogens is 2. The van der Waals surface area contributed by atoms with Gasteiger partial charge in [-0.3, -0.25) is 4.90 Å². The number of anilines is 2. The zero-order chi connectivity index (χ0) is 22.1. The third-order valence-corrected chi connectivity index (χ3v) is 5.57. The van der Waals surface area contributed by atoms with Gasteiger partial charge in [-0.2, -0.15) is 4.98 Å². The fourth-order valence-electron chi connectivity index (χ4n) is 3.50. The number of amides is 2. The van der Waals surface area contributed by atoms with E-state index >= 15 is 0 Å². The average molecular weight is 444 g/mol. The van der Waals surface area contributed by atoms with Crippen LogP contribution in [-0.2, 0) is 0 Å². The molecule has 1 aliphatic rings. The Bertz CT molecular complexity index is 1100. The molecule has 0 spiro atoms. The van der Waals surface area contributed by atoms with Gasteiger partial charge < -0.3 is 15.2 Å². The van der Waals surface area contributed by atoms with Crippen LogP contribution in [0.4, 0.5) is 21.0 Å². The zero-order valence-corrected chi connectivity index (χ0v) is 18.1. The van der Waals surface area contributed by atoms with Crippen molar-refractivity contribution in [2.45, 2.75) is 32.9 Å². The van der Waals surface area contributed by atoms with Gasteiger partial charge in [0.05, 0.1) is 29.1 Å². The van der Waals surface area contributed by atoms with E-state index in [1.165, 1.54) is 12.1 Å². The van der Waals surface area contributed by atoms with E-state index in [4.69, 9.17) is 11.6 Å². The largest absolute Gasteiger partial charge is 0.346 e. The van der Waals surface area contributed by atoms with Gasteiger partial charge in [0.15, 0.2) is 0 Å². The zero-order valence-electron chi connectivity index (χ0n) is 17.4. The Morgan fingerprint density at radius 3 is 2.81 bits per heavy atom. The van der Waals surface area contributed by atoms with Gasteiger partial charge in [0.2, 0.25) is 5.95 Å². The van der Waals surface area contributed by atoms with Crippen LogP contribution >= 0.6 is 11.6 Å². The second-order valence-corrected chi connectivity index (χ2v) is 8.18. The second kappa shape index (κ2) is 8.50. The molecule has 2 N–H and O–H groups in total. The molecule has 31 heavy (non-hydrogen) atoms. The van der Waals surface area contributed by atoms with Crippen LogP contribution in [0.15, 0.2) is 43.0 Å². The lowest BCUT2D eigenvalue weighted by Gasteiger charge is -2.25. The monoisotopic (exact) mass is 443 g/mol. The minimum atomic E-state index is -0.489. The van der Waals surface area contributed by atoms with Crippen molar-refractivity contribution >= 4 is 29.4 Å². The molecule has 10 heteroatoms. The van der Waals surface area contributed by atoms with Crippen molar-refractivity contribution in [3.63, 3.8) is 0 Å². The van der Waals surface area contributed by atoms with E-state index in [2.05, 4.69) is 39.4 Å². The summed E-state index contributed by atoms with van der Waals surface area (Å²) in [6, 6.07) is 5.94. The lowest BCUT2D eigenvalue weighted by atomic mass is 10.0. The van der Waals surface area contributed by atoms with Crippen LogP contribution in [0.1, 0.15) is 32.5 Å². The number of hydrogen-bond donors (Lipinski definition) is 2. The standard InChI is InChI=1S/C21H23ClFN7O/c1-12(2)18-9-25-21(31)30(18)19-6-7-24-20(28-19)27-13(3)17-10-29(11-26-17)14-4-5-15(22)16(23)8-14/h4-8,10-13,18H,9H2,1-3H3,(H,25,31)(H,24,27,28)/t13-,18?/m0/s1. The Morgan fingerprint density at radius 2 is 2.06 bits per heavy atom. The molecule has 3 aromatic rings. The van der Waals surface area contributed by atoms with Crippen LogP contribution < -0.4 is 15.5 Å². The first kappa shape index (κ1) is 21.0. The number of imidazole rings is 1. The van der Waals surface area contributed by atoms with Crippen molar-refractivity contribution in [2.75, 3.05) is 16.8 Å². The maximum absolute atomic E-state index is 13.8. The number of hydrogen-bond acceptors (Lipinski definition) is 5. The number of urea groups is 1. The Labute approximate surface area is 184 Å². The number of carbonyl (C=O) groups excluding carboxylic acids is 1. The van der Waals surface area contributed by atoms with E-state index in [1.54, 1.807) is 40.3 Å². The maximum Gasteiger partial charge on any atom is 0.323 e. The molecule has 3 heterocycles. The van der Waals surface area contributed by atoms with E-state index in [1.807, 2.05) is 6.92 Å². The third-order valence-electron chi connectivity index (χ3n) is 5.26. The summed E-state index contributed by atoms with van der Waals surface area (Å²) in [6.07, 6.45) is 5.03. The fourth-order valence-corrected chi connectivity index (χ4v) is 3.61. The highest BCUT2D eigenvalue weighted by Crippen LogP contribution is 2.25. The van der Waals surface area contributed by atoms with Crippen molar-refractivity contribution < 1.29 is 9.18 Å². The topological polar surface area (TPSA) is 88.0 Å². The molecule has 0 radical (unpaired) electrons. The molecule has 1 aromatic carbocycles. The first-order chi connectivity index (χ1) is 14.8. The highest BCUT2D eigenvalue weighted by molar-refractivity contribution is 6.30. The molecule has 162 valence electrons. The lowest BCUT2D eigenvalue weighted by Crippen LogP contribution is -2.38. The lowest BCUT2D eigenvalue weighted by molar-refractivity contribution is 0.251. The van der Waals surface area contributed by atoms with Crippen LogP contribution in [-0.4, -0.2) is 38.1 Å². The number of nitrogens with one attached hydrogen (secondary N) is 2. The summed E-state index contributed by atoms with van der Waals surface area (Å²) >= 11 is 5.76. The van der Waals surface area contributed by atoms with Gasteiger partial charge in [0.25, 0.3) is 0 Å². The Morgan fingerprint density at radius 1 is 1.26 bits per heavy atom. The van der Waals surface area contributed by atoms with E-state index in [0.29, 0.717) is 24.0 Å². The van der Waals surface area contributed by atoms with Crippen LogP contribution in [0, 0.1) is 11.7 Å². The number of carbonyl (C=O) groups is 1. The molecule has 8 nitrogen and oxygen atoms in total. The first-order valence-electron chi connectivity index (χ1n) is 9.99. The predicted molar refractivity (Wildman–Crippen MR) is 117 cm³/mol. The molecular formula is C21H23ClFN7O. The van der Waals surface area contributed by atoms with Gasteiger partial charge in [-0.25, -0.2) is 19.2 Å². The van der Waals surface area contributed by atoms with Crippen LogP contribution in [0.2, 0.25) is 5.02 Å². The molecule has 1 unspecified atom stereocenters. The smallest absolute Gasteiger partial charge is 0.323 e. The number of nitrogens with zero attached hydrogens (tertiary/aromatic N) is 5. The van der Waals surface area contributed by atoms with Crippen LogP contribution in [0.25, 0.3) is 5.69 Å². The first-order valence-corrected chi connectivity index (χ1v) is 10.4. The van der Waals surface area contributed by atoms with Crippen LogP contribution in [0.5, 0.6) is 0 Å². The van der Waals surface area contributed by atoms with Gasteiger partial charge in [0, 0.05) is 24.6 Å². The summed E-state index contributed by atoms with van der Waals surface area (Å²) in [7, 11) is 0. The number of rotatable bonds is 6. The third kappa shape index (κ3) is 4.32. The van der Waals surface area contributed by atoms with E-state index in [9.17, 15) is 9.18 Å². The summed E-state index contributed by atoms with van der Waals surface area (Å²) in [4.78, 5) is 27.2. The molecule has 4 rings (SSSR count). The molecule has 0 saturated carbocycles. The molecule has 1 aliphatic heterocycles. The highest BCUT2D eigenvalue weighted by atomic mass is 35.5. The van der Waals surface area contributed by atoms with Gasteiger partial charge in [0.1, 0.15) is 11.6 Å². The van der Waals surface area contributed by atoms with E-state index in [0.717, 1.165) is 5.69 Å². The number of benzene rings is 1. The summed E-state index contributed by atoms with van der Waals surface area (Å²) in [5.74, 6) is 0.724. The van der Waals surface area contributed by atoms with Crippen molar-refractivity contribution in [2.24, 2.45) is 5.92 Å². The Balaban J connectivity index is 1.51. The minimum Gasteiger partial charge on any atom is -0.346 e. The molecule has 2 amide bonds. The van der Waals surface area contributed by atoms with Crippen molar-refractivity contribution in [3.8, 4) is 5.69 Å². The van der Waals surface area contributed by atoms with Gasteiger partial charge in [-0.05, 0) is 37.1 Å². The Hall–Kier alpha value is -3.20. The molecular weight excluding hydrogens is 421 g/mol. The number of aromatic nitrogens is 4. The molecule has 2 atom stereocenters. The van der Waals surface area contributed by atoms with Crippen molar-refractivity contribution in [1.29, 1.82) is 0 Å². The molecule has 0 aliphatic carbocycles. The van der Waals surface area contributed by atoms with Gasteiger partial charge >= 0.3 is 6.03 Å². The molecule has 2 aromatic heterocycles. The van der Waals surface area contributed by atoms with Crippen molar-refractivity contribution in [3.05, 3.63) is 59.5 Å². The normalized spacial score (nSPS) is 17.2. The summed E-state index contributed by atoms with van der Waals surface area (Å²) in [5.41, 5.74) is 1.34. The van der Waals surface area contributed by atoms with E-state index in [-0.39, 0.29) is 29.1 Å². The van der Waals surface area contributed by atoms with Crippen molar-refractivity contribution in [1.82, 2.24) is 24.8 Å². The van der Waals surface area contributed by atoms with E-state index < -0.39 is 5.82 Å². The minimum absolute atomic E-state index is 0.0307. The highest BCUT2D eigenvalue weighted by Gasteiger charge is 2.35. The maximum atomic E-state index is 13.8. The molecule has 0 bridgehead atoms. The SMILES string of the molecule is CC(C)C1CNC(=O)N1c1ccnc(N[C@@H](C)c2cn(-c3ccc(Cl)c(F)c3)cn2)n1. The summed E-state index contributed by atoms with van der Waals surface area (Å²) in [6.45, 7) is 6.65. The summed E-state index contributed by atoms with van der Waals surface area (Å²) in [5, 5.41) is 6.16. The molecule has 1 fully saturated rings. The van der Waals surface area contributed by atoms with Gasteiger partial charge in [-0.15, -0.1) is 0 Å². The fraction of sp³-hybridized carbons (Fsp3) is 0.333. The predicted octanol–water partition coefficient (Wildman–Crippen LogP) is 4.18. The Kier molecular flexibility index (Phi) is 5.77. The summed E-state index contributed by atoms with van der Waals surface area (Å²) < 4.78 is 15.5. The molecule has 1 saturated heterocycles. The van der Waals surface area contributed by atoms with Crippen LogP contribution in [0.3, 0.4) is 0 Å². The quantitative estimate of drug-likeness (QED) is 0.596.